The molecule has 0 aliphatic heterocycles. The maximum Gasteiger partial charge on any atom is 0.272 e. The number of H-pyrrole nitrogens is 1. The molecule has 1 N–H and O–H groups in total. The van der Waals surface area contributed by atoms with Gasteiger partial charge in [-0.3, -0.25) is 9.36 Å². The summed E-state index contributed by atoms with van der Waals surface area (Å²) in [5.74, 6) is 0.898. The predicted octanol–water partition coefficient (Wildman–Crippen LogP) is 1.86. The van der Waals surface area contributed by atoms with Crippen molar-refractivity contribution in [1.82, 2.24) is 19.7 Å². The van der Waals surface area contributed by atoms with Gasteiger partial charge in [0.05, 0.1) is 12.1 Å². The summed E-state index contributed by atoms with van der Waals surface area (Å²) in [7, 11) is 0. The molecule has 0 bridgehead atoms. The minimum absolute atomic E-state index is 0.133. The quantitative estimate of drug-likeness (QED) is 0.725. The lowest BCUT2D eigenvalue weighted by atomic mass is 10.4. The van der Waals surface area contributed by atoms with Crippen molar-refractivity contribution in [2.24, 2.45) is 0 Å². The Morgan fingerprint density at radius 2 is 2.44 bits per heavy atom. The van der Waals surface area contributed by atoms with Crippen molar-refractivity contribution < 1.29 is 4.52 Å². The Labute approximate surface area is 110 Å². The molecule has 0 spiro atoms. The number of aromatic amines is 1. The van der Waals surface area contributed by atoms with E-state index in [2.05, 4.69) is 15.1 Å². The number of hydrogen-bond acceptors (Lipinski definition) is 6. The molecule has 3 heterocycles. The van der Waals surface area contributed by atoms with E-state index in [4.69, 9.17) is 16.7 Å². The van der Waals surface area contributed by atoms with Crippen LogP contribution in [-0.4, -0.2) is 19.7 Å². The third-order valence-electron chi connectivity index (χ3n) is 2.46. The maximum absolute atomic E-state index is 12.2. The van der Waals surface area contributed by atoms with E-state index in [1.807, 2.05) is 11.4 Å². The summed E-state index contributed by atoms with van der Waals surface area (Å²) in [6.07, 6.45) is 0. The highest BCUT2D eigenvalue weighted by Gasteiger charge is 2.10. The third kappa shape index (κ3) is 1.79. The summed E-state index contributed by atoms with van der Waals surface area (Å²) in [6, 6.07) is 1.83. The van der Waals surface area contributed by atoms with E-state index < -0.39 is 0 Å². The number of aryl methyl sites for hydroxylation is 1. The average molecular weight is 280 g/mol. The van der Waals surface area contributed by atoms with E-state index in [1.165, 1.54) is 15.9 Å². The fraction of sp³-hybridized carbons (Fsp3) is 0.200. The first kappa shape index (κ1) is 11.3. The van der Waals surface area contributed by atoms with Crippen LogP contribution in [0.2, 0.25) is 0 Å². The van der Waals surface area contributed by atoms with Crippen LogP contribution >= 0.6 is 23.6 Å². The van der Waals surface area contributed by atoms with Gasteiger partial charge in [0.1, 0.15) is 4.70 Å². The van der Waals surface area contributed by atoms with Crippen molar-refractivity contribution in [2.45, 2.75) is 13.5 Å². The Morgan fingerprint density at radius 1 is 1.61 bits per heavy atom. The molecule has 0 aliphatic rings. The zero-order valence-electron chi connectivity index (χ0n) is 9.34. The molecule has 0 aromatic carbocycles. The van der Waals surface area contributed by atoms with E-state index in [1.54, 1.807) is 6.92 Å². The summed E-state index contributed by atoms with van der Waals surface area (Å²) in [5.41, 5.74) is 0.627. The first-order valence-corrected chi connectivity index (χ1v) is 6.43. The first-order chi connectivity index (χ1) is 8.65. The van der Waals surface area contributed by atoms with Gasteiger partial charge in [-0.2, -0.15) is 4.98 Å². The van der Waals surface area contributed by atoms with Crippen molar-refractivity contribution in [1.29, 1.82) is 0 Å². The summed E-state index contributed by atoms with van der Waals surface area (Å²) in [5, 5.41) is 5.61. The molecule has 0 aliphatic carbocycles. The van der Waals surface area contributed by atoms with E-state index in [0.29, 0.717) is 21.2 Å². The van der Waals surface area contributed by atoms with Gasteiger partial charge in [-0.15, -0.1) is 11.3 Å². The Hall–Kier alpha value is -1.80. The molecule has 3 rings (SSSR count). The van der Waals surface area contributed by atoms with Gasteiger partial charge in [0.2, 0.25) is 5.89 Å². The average Bonchev–Trinajstić information content (AvgIpc) is 2.93. The van der Waals surface area contributed by atoms with Crippen LogP contribution in [0.25, 0.3) is 10.2 Å². The number of aromatic nitrogens is 4. The van der Waals surface area contributed by atoms with Crippen LogP contribution in [0.15, 0.2) is 20.8 Å². The van der Waals surface area contributed by atoms with Crippen molar-refractivity contribution in [2.75, 3.05) is 0 Å². The summed E-state index contributed by atoms with van der Waals surface area (Å²) in [4.78, 5) is 19.3. The second-order valence-electron chi connectivity index (χ2n) is 3.71. The highest BCUT2D eigenvalue weighted by atomic mass is 32.1. The first-order valence-electron chi connectivity index (χ1n) is 5.14. The SMILES string of the molecule is Cc1nc(Cn2c(=S)[nH]c3ccsc3c2=O)no1. The van der Waals surface area contributed by atoms with Crippen LogP contribution in [0.1, 0.15) is 11.7 Å². The van der Waals surface area contributed by atoms with E-state index in [0.717, 1.165) is 5.52 Å². The third-order valence-corrected chi connectivity index (χ3v) is 3.69. The number of thiophene rings is 1. The topological polar surface area (TPSA) is 76.7 Å². The molecule has 0 atom stereocenters. The highest BCUT2D eigenvalue weighted by molar-refractivity contribution is 7.71. The van der Waals surface area contributed by atoms with Gasteiger partial charge in [0.25, 0.3) is 5.56 Å². The largest absolute Gasteiger partial charge is 0.340 e. The van der Waals surface area contributed by atoms with Crippen LogP contribution in [0, 0.1) is 11.7 Å². The Balaban J connectivity index is 2.17. The minimum atomic E-state index is -0.133. The van der Waals surface area contributed by atoms with Crippen LogP contribution in [0.5, 0.6) is 0 Å². The second kappa shape index (κ2) is 4.14. The number of rotatable bonds is 2. The van der Waals surface area contributed by atoms with Gasteiger partial charge < -0.3 is 9.51 Å². The van der Waals surface area contributed by atoms with Crippen molar-refractivity contribution >= 4 is 33.8 Å². The van der Waals surface area contributed by atoms with Gasteiger partial charge in [0, 0.05) is 6.92 Å². The highest BCUT2D eigenvalue weighted by Crippen LogP contribution is 2.14. The molecule has 3 aromatic heterocycles. The molecule has 18 heavy (non-hydrogen) atoms. The van der Waals surface area contributed by atoms with E-state index >= 15 is 0 Å². The lowest BCUT2D eigenvalue weighted by molar-refractivity contribution is 0.385. The van der Waals surface area contributed by atoms with Crippen molar-refractivity contribution in [3.8, 4) is 0 Å². The molecule has 92 valence electrons. The van der Waals surface area contributed by atoms with Gasteiger partial charge in [-0.1, -0.05) is 5.16 Å². The normalized spacial score (nSPS) is 11.2. The predicted molar refractivity (Wildman–Crippen MR) is 69.4 cm³/mol. The summed E-state index contributed by atoms with van der Waals surface area (Å²) < 4.78 is 7.30. The van der Waals surface area contributed by atoms with Gasteiger partial charge in [-0.25, -0.2) is 0 Å². The molecular formula is C10H8N4O2S2. The van der Waals surface area contributed by atoms with Gasteiger partial charge in [0.15, 0.2) is 10.6 Å². The van der Waals surface area contributed by atoms with Crippen LogP contribution in [-0.2, 0) is 6.54 Å². The molecule has 0 unspecified atom stereocenters. The summed E-state index contributed by atoms with van der Waals surface area (Å²) >= 11 is 6.54. The fourth-order valence-electron chi connectivity index (χ4n) is 1.66. The lowest BCUT2D eigenvalue weighted by Gasteiger charge is -2.02. The Bertz CT molecular complexity index is 826. The molecule has 0 fully saturated rings. The molecule has 0 saturated carbocycles. The van der Waals surface area contributed by atoms with Crippen molar-refractivity contribution in [3.63, 3.8) is 0 Å². The summed E-state index contributed by atoms with van der Waals surface area (Å²) in [6.45, 7) is 1.90. The van der Waals surface area contributed by atoms with Gasteiger partial charge in [-0.05, 0) is 23.7 Å². The standard InChI is InChI=1S/C10H8N4O2S2/c1-5-11-7(13-16-5)4-14-9(15)8-6(2-3-18-8)12-10(14)17/h2-3H,4H2,1H3,(H,12,17). The number of nitrogens with zero attached hydrogens (tertiary/aromatic N) is 3. The number of nitrogens with one attached hydrogen (secondary N) is 1. The van der Waals surface area contributed by atoms with Gasteiger partial charge >= 0.3 is 0 Å². The molecule has 8 heteroatoms. The smallest absolute Gasteiger partial charge is 0.272 e. The van der Waals surface area contributed by atoms with Crippen LogP contribution in [0.4, 0.5) is 0 Å². The Morgan fingerprint density at radius 3 is 3.17 bits per heavy atom. The van der Waals surface area contributed by atoms with Crippen LogP contribution in [0.3, 0.4) is 0 Å². The molecular weight excluding hydrogens is 272 g/mol. The fourth-order valence-corrected chi connectivity index (χ4v) is 2.72. The zero-order chi connectivity index (χ0) is 12.7. The molecule has 6 nitrogen and oxygen atoms in total. The van der Waals surface area contributed by atoms with E-state index in [9.17, 15) is 4.79 Å². The lowest BCUT2D eigenvalue weighted by Crippen LogP contribution is -2.22. The molecule has 0 radical (unpaired) electrons. The minimum Gasteiger partial charge on any atom is -0.340 e. The molecule has 0 amide bonds. The van der Waals surface area contributed by atoms with Crippen LogP contribution < -0.4 is 5.56 Å². The van der Waals surface area contributed by atoms with E-state index in [-0.39, 0.29) is 12.1 Å². The van der Waals surface area contributed by atoms with Crippen molar-refractivity contribution in [3.05, 3.63) is 38.3 Å². The second-order valence-corrected chi connectivity index (χ2v) is 5.02. The molecule has 3 aromatic rings. The number of hydrogen-bond donors (Lipinski definition) is 1. The maximum atomic E-state index is 12.2. The zero-order valence-corrected chi connectivity index (χ0v) is 11.0. The molecule has 0 saturated heterocycles. The monoisotopic (exact) mass is 280 g/mol. The Kier molecular flexibility index (Phi) is 2.60. The number of fused-ring (bicyclic) bond motifs is 1.